The predicted octanol–water partition coefficient (Wildman–Crippen LogP) is -4.24. The third-order valence-electron chi connectivity index (χ3n) is 1.40. The van der Waals surface area contributed by atoms with Crippen molar-refractivity contribution in [3.05, 3.63) is 0 Å². The summed E-state index contributed by atoms with van der Waals surface area (Å²) in [5, 5.41) is 44.8. The van der Waals surface area contributed by atoms with Crippen LogP contribution in [0.3, 0.4) is 0 Å². The van der Waals surface area contributed by atoms with Crippen molar-refractivity contribution in [1.82, 2.24) is 6.15 Å². The molecule has 0 aliphatic heterocycles. The number of rotatable bonds is 5. The summed E-state index contributed by atoms with van der Waals surface area (Å²) in [5.41, 5.74) is 0. The van der Waals surface area contributed by atoms with Gasteiger partial charge in [-0.25, -0.2) is 0 Å². The summed E-state index contributed by atoms with van der Waals surface area (Å²) in [6, 6.07) is 0. The number of quaternary nitrogens is 1. The van der Waals surface area contributed by atoms with E-state index in [0.29, 0.717) is 0 Å². The highest BCUT2D eigenvalue weighted by molar-refractivity contribution is 5.70. The van der Waals surface area contributed by atoms with Gasteiger partial charge in [-0.2, -0.15) is 0 Å². The first-order chi connectivity index (χ1) is 5.91. The van der Waals surface area contributed by atoms with Crippen LogP contribution in [0.2, 0.25) is 0 Å². The van der Waals surface area contributed by atoms with E-state index in [1.165, 1.54) is 0 Å². The fourth-order valence-corrected chi connectivity index (χ4v) is 0.609. The molecule has 0 unspecified atom stereocenters. The lowest BCUT2D eigenvalue weighted by molar-refractivity contribution is -0.320. The van der Waals surface area contributed by atoms with Gasteiger partial charge in [-0.15, -0.1) is 0 Å². The molecule has 0 saturated carbocycles. The highest BCUT2D eigenvalue weighted by atomic mass is 16.4. The largest absolute Gasteiger partial charge is 0.547 e. The Hall–Kier alpha value is -1.06. The molecule has 0 fully saturated rings. The van der Waals surface area contributed by atoms with Gasteiger partial charge in [0.15, 0.2) is 6.29 Å². The third kappa shape index (κ3) is 3.77. The van der Waals surface area contributed by atoms with Crippen molar-refractivity contribution in [3.8, 4) is 0 Å². The maximum atomic E-state index is 9.95. The van der Waals surface area contributed by atoms with Crippen LogP contribution in [0, 0.1) is 0 Å². The number of carboxylic acids is 1. The van der Waals surface area contributed by atoms with Crippen LogP contribution in [0.4, 0.5) is 0 Å². The summed E-state index contributed by atoms with van der Waals surface area (Å²) in [4.78, 5) is 19.8. The second-order valence-electron chi connectivity index (χ2n) is 2.37. The van der Waals surface area contributed by atoms with Gasteiger partial charge in [0.05, 0.1) is 5.97 Å². The Morgan fingerprint density at radius 1 is 1.14 bits per heavy atom. The number of hydrogen-bond donors (Lipinski definition) is 5. The molecule has 0 saturated heterocycles. The summed E-state index contributed by atoms with van der Waals surface area (Å²) in [5.74, 6) is -2.01. The monoisotopic (exact) mass is 211 g/mol. The standard InChI is InChI=1S/C6H10O7.H3N/c7-1-2(8)3(9)4(10)5(11)6(12)13;/h1-5,8-11H,(H,12,13);1H3/t2-,3-,4+,5+;/m1./s1. The quantitative estimate of drug-likeness (QED) is 0.286. The van der Waals surface area contributed by atoms with Gasteiger partial charge in [0.1, 0.15) is 24.4 Å². The van der Waals surface area contributed by atoms with E-state index in [0.717, 1.165) is 0 Å². The molecule has 0 heterocycles. The summed E-state index contributed by atoms with van der Waals surface area (Å²) < 4.78 is 0. The second-order valence-corrected chi connectivity index (χ2v) is 2.37. The number of hydrogen-bond acceptors (Lipinski definition) is 7. The van der Waals surface area contributed by atoms with Gasteiger partial charge in [0, 0.05) is 0 Å². The molecule has 8 N–H and O–H groups in total. The van der Waals surface area contributed by atoms with Crippen molar-refractivity contribution in [2.75, 3.05) is 0 Å². The number of aliphatic hydroxyl groups excluding tert-OH is 4. The van der Waals surface area contributed by atoms with Gasteiger partial charge in [-0.05, 0) is 0 Å². The molecule has 0 aliphatic carbocycles. The van der Waals surface area contributed by atoms with Crippen LogP contribution in [0.5, 0.6) is 0 Å². The molecular weight excluding hydrogens is 198 g/mol. The minimum atomic E-state index is -2.36. The average molecular weight is 211 g/mol. The number of aldehydes is 1. The van der Waals surface area contributed by atoms with Gasteiger partial charge >= 0.3 is 0 Å². The van der Waals surface area contributed by atoms with E-state index in [4.69, 9.17) is 20.4 Å². The molecule has 14 heavy (non-hydrogen) atoms. The number of carbonyl (C=O) groups is 2. The Morgan fingerprint density at radius 3 is 1.86 bits per heavy atom. The Morgan fingerprint density at radius 2 is 1.57 bits per heavy atom. The summed E-state index contributed by atoms with van der Waals surface area (Å²) in [7, 11) is 0. The van der Waals surface area contributed by atoms with Gasteiger partial charge < -0.3 is 41.3 Å². The van der Waals surface area contributed by atoms with E-state index in [1.54, 1.807) is 0 Å². The summed E-state index contributed by atoms with van der Waals surface area (Å²) >= 11 is 0. The minimum Gasteiger partial charge on any atom is -0.547 e. The zero-order valence-corrected chi connectivity index (χ0v) is 7.40. The summed E-state index contributed by atoms with van der Waals surface area (Å²) in [6.07, 6.45) is -8.65. The first kappa shape index (κ1) is 15.4. The molecule has 4 atom stereocenters. The van der Waals surface area contributed by atoms with Gasteiger partial charge in [0.2, 0.25) is 0 Å². The molecule has 0 radical (unpaired) electrons. The van der Waals surface area contributed by atoms with E-state index < -0.39 is 30.4 Å². The van der Waals surface area contributed by atoms with Crippen LogP contribution < -0.4 is 11.3 Å². The number of carboxylic acid groups (broad SMARTS) is 1. The molecule has 0 rings (SSSR count). The predicted molar refractivity (Wildman–Crippen MR) is 41.1 cm³/mol. The molecule has 8 nitrogen and oxygen atoms in total. The number of aliphatic hydroxyl groups is 4. The van der Waals surface area contributed by atoms with E-state index in [2.05, 4.69) is 0 Å². The van der Waals surface area contributed by atoms with Crippen molar-refractivity contribution in [2.24, 2.45) is 0 Å². The molecule has 84 valence electrons. The smallest absolute Gasteiger partial charge is 0.151 e. The first-order valence-corrected chi connectivity index (χ1v) is 3.30. The molecule has 0 bridgehead atoms. The van der Waals surface area contributed by atoms with E-state index in [-0.39, 0.29) is 12.4 Å². The van der Waals surface area contributed by atoms with Crippen molar-refractivity contribution in [1.29, 1.82) is 0 Å². The normalized spacial score (nSPS) is 18.6. The van der Waals surface area contributed by atoms with Gasteiger partial charge in [-0.3, -0.25) is 0 Å². The van der Waals surface area contributed by atoms with Crippen LogP contribution in [0.1, 0.15) is 0 Å². The second kappa shape index (κ2) is 6.40. The van der Waals surface area contributed by atoms with E-state index >= 15 is 0 Å². The molecule has 0 aromatic heterocycles. The van der Waals surface area contributed by atoms with E-state index in [1.807, 2.05) is 0 Å². The van der Waals surface area contributed by atoms with Crippen LogP contribution in [0.25, 0.3) is 0 Å². The first-order valence-electron chi connectivity index (χ1n) is 3.30. The van der Waals surface area contributed by atoms with Crippen LogP contribution in [-0.4, -0.2) is 57.1 Å². The van der Waals surface area contributed by atoms with Gasteiger partial charge in [-0.1, -0.05) is 0 Å². The maximum Gasteiger partial charge on any atom is 0.151 e. The number of carbonyl (C=O) groups excluding carboxylic acids is 2. The van der Waals surface area contributed by atoms with Crippen molar-refractivity contribution < 1.29 is 35.1 Å². The van der Waals surface area contributed by atoms with Crippen molar-refractivity contribution in [2.45, 2.75) is 24.4 Å². The number of aliphatic carboxylic acids is 1. The fraction of sp³-hybridized carbons (Fsp3) is 0.667. The summed E-state index contributed by atoms with van der Waals surface area (Å²) in [6.45, 7) is 0. The third-order valence-corrected chi connectivity index (χ3v) is 1.40. The molecule has 0 aliphatic rings. The fourth-order valence-electron chi connectivity index (χ4n) is 0.609. The van der Waals surface area contributed by atoms with E-state index in [9.17, 15) is 14.7 Å². The molecule has 0 aromatic rings. The average Bonchev–Trinajstić information content (AvgIpc) is 2.12. The lowest BCUT2D eigenvalue weighted by atomic mass is 10.0. The maximum absolute atomic E-state index is 9.95. The van der Waals surface area contributed by atoms with Gasteiger partial charge in [0.25, 0.3) is 0 Å². The highest BCUT2D eigenvalue weighted by Crippen LogP contribution is 2.03. The van der Waals surface area contributed by atoms with Crippen LogP contribution in [0.15, 0.2) is 0 Å². The molecule has 8 heteroatoms. The Balaban J connectivity index is 0. The zero-order chi connectivity index (χ0) is 10.6. The molecular formula is C6H13NO7. The SMILES string of the molecule is O=C[C@@H](O)[C@@H](O)[C@H](O)[C@H](O)C(=O)[O-].[NH4+]. The minimum absolute atomic E-state index is 0. The molecule has 0 amide bonds. The highest BCUT2D eigenvalue weighted by Gasteiger charge is 2.30. The van der Waals surface area contributed by atoms with Crippen LogP contribution in [-0.2, 0) is 9.59 Å². The molecule has 0 spiro atoms. The lowest BCUT2D eigenvalue weighted by Crippen LogP contribution is -2.52. The molecule has 0 aromatic carbocycles. The Kier molecular flexibility index (Phi) is 7.05. The zero-order valence-electron chi connectivity index (χ0n) is 7.40. The Bertz CT molecular complexity index is 197. The Labute approximate surface area is 79.0 Å². The van der Waals surface area contributed by atoms with Crippen LogP contribution >= 0.6 is 0 Å². The lowest BCUT2D eigenvalue weighted by Gasteiger charge is -2.24. The topological polar surface area (TPSA) is 175 Å². The van der Waals surface area contributed by atoms with Crippen molar-refractivity contribution in [3.63, 3.8) is 0 Å². The van der Waals surface area contributed by atoms with Crippen molar-refractivity contribution >= 4 is 12.3 Å².